The van der Waals surface area contributed by atoms with Crippen molar-refractivity contribution in [2.24, 2.45) is 0 Å². The molecule has 0 aliphatic heterocycles. The van der Waals surface area contributed by atoms with Crippen molar-refractivity contribution in [3.63, 3.8) is 0 Å². The molecule has 5 N–H and O–H groups in total. The van der Waals surface area contributed by atoms with Crippen molar-refractivity contribution in [2.75, 3.05) is 16.4 Å². The number of nitrogen functional groups attached to an aromatic ring is 1. The second-order valence-electron chi connectivity index (χ2n) is 8.70. The van der Waals surface area contributed by atoms with Gasteiger partial charge in [-0.1, -0.05) is 45.0 Å². The van der Waals surface area contributed by atoms with Crippen molar-refractivity contribution in [2.45, 2.75) is 33.1 Å². The van der Waals surface area contributed by atoms with Crippen LogP contribution in [0.1, 0.15) is 42.3 Å². The van der Waals surface area contributed by atoms with Gasteiger partial charge in [0, 0.05) is 22.9 Å². The normalized spacial score (nSPS) is 11.3. The van der Waals surface area contributed by atoms with E-state index in [4.69, 9.17) is 5.73 Å². The number of H-pyrrole nitrogens is 1. The minimum Gasteiger partial charge on any atom is -0.368 e. The molecule has 4 rings (SSSR count). The van der Waals surface area contributed by atoms with Crippen LogP contribution in [0, 0.1) is 6.92 Å². The van der Waals surface area contributed by atoms with Gasteiger partial charge in [0.2, 0.25) is 11.9 Å². The van der Waals surface area contributed by atoms with Crippen LogP contribution >= 0.6 is 0 Å². The summed E-state index contributed by atoms with van der Waals surface area (Å²) in [6.45, 7) is 8.32. The Hall–Kier alpha value is -4.27. The second kappa shape index (κ2) is 8.70. The first-order valence-electron chi connectivity index (χ1n) is 10.5. The van der Waals surface area contributed by atoms with Gasteiger partial charge in [-0.25, -0.2) is 0 Å². The van der Waals surface area contributed by atoms with Crippen LogP contribution in [0.3, 0.4) is 0 Å². The quantitative estimate of drug-likeness (QED) is 0.359. The molecule has 0 bridgehead atoms. The van der Waals surface area contributed by atoms with Crippen LogP contribution in [0.15, 0.2) is 54.7 Å². The maximum Gasteiger partial charge on any atom is 0.255 e. The van der Waals surface area contributed by atoms with Gasteiger partial charge in [-0.05, 0) is 41.7 Å². The number of hydrogen-bond donors (Lipinski definition) is 4. The molecule has 0 saturated carbocycles. The summed E-state index contributed by atoms with van der Waals surface area (Å²) in [5.41, 5.74) is 9.91. The number of aromatic nitrogens is 5. The molecular formula is C24H26N8O. The van der Waals surface area contributed by atoms with Gasteiger partial charge in [0.1, 0.15) is 5.82 Å². The van der Waals surface area contributed by atoms with Crippen LogP contribution < -0.4 is 16.4 Å². The minimum atomic E-state index is -0.188. The monoisotopic (exact) mass is 442 g/mol. The summed E-state index contributed by atoms with van der Waals surface area (Å²) in [4.78, 5) is 25.8. The lowest BCUT2D eigenvalue weighted by Gasteiger charge is -2.19. The third-order valence-corrected chi connectivity index (χ3v) is 5.24. The number of aromatic amines is 1. The summed E-state index contributed by atoms with van der Waals surface area (Å²) >= 11 is 0. The van der Waals surface area contributed by atoms with Crippen molar-refractivity contribution in [3.8, 4) is 11.4 Å². The molecule has 0 unspecified atom stereocenters. The number of nitrogens with zero attached hydrogens (tertiary/aromatic N) is 4. The second-order valence-corrected chi connectivity index (χ2v) is 8.70. The Morgan fingerprint density at radius 1 is 1.00 bits per heavy atom. The van der Waals surface area contributed by atoms with Gasteiger partial charge in [-0.15, -0.1) is 0 Å². The van der Waals surface area contributed by atoms with Gasteiger partial charge in [-0.3, -0.25) is 9.89 Å². The van der Waals surface area contributed by atoms with E-state index >= 15 is 0 Å². The molecule has 9 nitrogen and oxygen atoms in total. The van der Waals surface area contributed by atoms with Crippen LogP contribution in [0.25, 0.3) is 11.4 Å². The predicted molar refractivity (Wildman–Crippen MR) is 129 cm³/mol. The first-order valence-corrected chi connectivity index (χ1v) is 10.5. The van der Waals surface area contributed by atoms with Crippen LogP contribution in [0.4, 0.5) is 23.4 Å². The summed E-state index contributed by atoms with van der Waals surface area (Å²) in [5, 5.41) is 12.7. The molecule has 168 valence electrons. The number of benzene rings is 2. The first-order chi connectivity index (χ1) is 15.7. The van der Waals surface area contributed by atoms with Gasteiger partial charge in [0.05, 0.1) is 6.20 Å². The van der Waals surface area contributed by atoms with Crippen molar-refractivity contribution < 1.29 is 4.79 Å². The molecule has 0 fully saturated rings. The lowest BCUT2D eigenvalue weighted by Crippen LogP contribution is -2.15. The van der Waals surface area contributed by atoms with Crippen molar-refractivity contribution in [1.82, 2.24) is 25.1 Å². The molecule has 2 aromatic heterocycles. The maximum absolute atomic E-state index is 12.9. The molecule has 0 saturated heterocycles. The zero-order valence-electron chi connectivity index (χ0n) is 19.0. The number of hydrogen-bond acceptors (Lipinski definition) is 7. The molecule has 2 heterocycles. The molecule has 0 aliphatic carbocycles. The Balaban J connectivity index is 1.59. The van der Waals surface area contributed by atoms with E-state index < -0.39 is 0 Å². The fourth-order valence-electron chi connectivity index (χ4n) is 3.34. The highest BCUT2D eigenvalue weighted by Gasteiger charge is 2.16. The zero-order chi connectivity index (χ0) is 23.6. The number of rotatable bonds is 5. The predicted octanol–water partition coefficient (Wildman–Crippen LogP) is 4.45. The highest BCUT2D eigenvalue weighted by molar-refractivity contribution is 6.05. The summed E-state index contributed by atoms with van der Waals surface area (Å²) in [7, 11) is 0. The van der Waals surface area contributed by atoms with E-state index in [2.05, 4.69) is 56.6 Å². The molecule has 1 amide bonds. The van der Waals surface area contributed by atoms with Gasteiger partial charge in [-0.2, -0.15) is 20.1 Å². The minimum absolute atomic E-state index is 0.0252. The lowest BCUT2D eigenvalue weighted by atomic mass is 9.86. The molecule has 0 atom stereocenters. The fraction of sp³-hybridized carbons (Fsp3) is 0.208. The average Bonchev–Trinajstić information content (AvgIpc) is 3.27. The van der Waals surface area contributed by atoms with E-state index in [-0.39, 0.29) is 23.2 Å². The molecule has 0 aliphatic rings. The third kappa shape index (κ3) is 4.98. The largest absolute Gasteiger partial charge is 0.368 e. The molecule has 9 heteroatoms. The highest BCUT2D eigenvalue weighted by Crippen LogP contribution is 2.28. The standard InChI is InChI=1S/C24H26N8O/c1-14-17(20-29-22(25)31-23(30-20)28-19-12-13-26-32-19)6-5-7-18(14)27-21(33)15-8-10-16(11-9-15)24(2,3)4/h5-13H,1-4H3,(H,27,33)(H4,25,26,28,29,30,31,32). The van der Waals surface area contributed by atoms with Crippen molar-refractivity contribution in [3.05, 3.63) is 71.4 Å². The smallest absolute Gasteiger partial charge is 0.255 e. The van der Waals surface area contributed by atoms with Gasteiger partial charge in [0.25, 0.3) is 5.91 Å². The van der Waals surface area contributed by atoms with Crippen molar-refractivity contribution >= 4 is 29.3 Å². The Kier molecular flexibility index (Phi) is 5.78. The highest BCUT2D eigenvalue weighted by atomic mass is 16.1. The molecular weight excluding hydrogens is 416 g/mol. The van der Waals surface area contributed by atoms with Gasteiger partial charge < -0.3 is 16.4 Å². The third-order valence-electron chi connectivity index (χ3n) is 5.24. The summed E-state index contributed by atoms with van der Waals surface area (Å²) in [6, 6.07) is 15.0. The van der Waals surface area contributed by atoms with E-state index in [9.17, 15) is 4.79 Å². The van der Waals surface area contributed by atoms with E-state index in [0.29, 0.717) is 22.9 Å². The lowest BCUT2D eigenvalue weighted by molar-refractivity contribution is 0.102. The zero-order valence-corrected chi connectivity index (χ0v) is 19.0. The van der Waals surface area contributed by atoms with E-state index in [1.54, 1.807) is 12.3 Å². The number of anilines is 4. The van der Waals surface area contributed by atoms with Gasteiger partial charge in [0.15, 0.2) is 5.82 Å². The van der Waals surface area contributed by atoms with Crippen LogP contribution in [0.2, 0.25) is 0 Å². The Labute approximate surface area is 191 Å². The topological polar surface area (TPSA) is 134 Å². The van der Waals surface area contributed by atoms with Gasteiger partial charge >= 0.3 is 0 Å². The summed E-state index contributed by atoms with van der Waals surface area (Å²) in [6.07, 6.45) is 1.61. The van der Waals surface area contributed by atoms with Crippen LogP contribution in [-0.2, 0) is 5.41 Å². The van der Waals surface area contributed by atoms with E-state index in [1.165, 1.54) is 5.56 Å². The number of carbonyl (C=O) groups excluding carboxylic acids is 1. The summed E-state index contributed by atoms with van der Waals surface area (Å²) < 4.78 is 0. The fourth-order valence-corrected chi connectivity index (χ4v) is 3.34. The van der Waals surface area contributed by atoms with E-state index in [1.807, 2.05) is 49.4 Å². The average molecular weight is 443 g/mol. The number of carbonyl (C=O) groups is 1. The SMILES string of the molecule is Cc1c(NC(=O)c2ccc(C(C)(C)C)cc2)cccc1-c1nc(N)nc(Nc2ccn[nH]2)n1. The molecule has 33 heavy (non-hydrogen) atoms. The number of nitrogens with two attached hydrogens (primary N) is 1. The molecule has 0 radical (unpaired) electrons. The maximum atomic E-state index is 12.9. The molecule has 0 spiro atoms. The number of amides is 1. The Bertz CT molecular complexity index is 1280. The molecule has 4 aromatic rings. The molecule has 2 aromatic carbocycles. The van der Waals surface area contributed by atoms with Crippen molar-refractivity contribution in [1.29, 1.82) is 0 Å². The Morgan fingerprint density at radius 3 is 2.42 bits per heavy atom. The first kappa shape index (κ1) is 21.9. The van der Waals surface area contributed by atoms with Crippen LogP contribution in [0.5, 0.6) is 0 Å². The number of nitrogens with one attached hydrogen (secondary N) is 3. The van der Waals surface area contributed by atoms with E-state index in [0.717, 1.165) is 11.1 Å². The van der Waals surface area contributed by atoms with Crippen LogP contribution in [-0.4, -0.2) is 31.1 Å². The Morgan fingerprint density at radius 2 is 1.76 bits per heavy atom. The summed E-state index contributed by atoms with van der Waals surface area (Å²) in [5.74, 6) is 1.20.